The average molecular weight is 484 g/mol. The SMILES string of the molecule is Cc1cccc(C)c1N=C1SCCSC1=Nc1c(C)cccc1C.[Cl][Ni][Cl]. The molecule has 1 fully saturated rings. The van der Waals surface area contributed by atoms with E-state index < -0.39 is 0 Å². The molecule has 0 atom stereocenters. The molecule has 148 valence electrons. The van der Waals surface area contributed by atoms with Crippen molar-refractivity contribution in [2.75, 3.05) is 11.5 Å². The summed E-state index contributed by atoms with van der Waals surface area (Å²) in [5.41, 5.74) is 7.01. The summed E-state index contributed by atoms with van der Waals surface area (Å²) in [6.45, 7) is 8.48. The molecule has 2 nitrogen and oxygen atoms in total. The Labute approximate surface area is 185 Å². The Balaban J connectivity index is 0.000000817. The van der Waals surface area contributed by atoms with Gasteiger partial charge in [0.1, 0.15) is 10.1 Å². The van der Waals surface area contributed by atoms with Crippen LogP contribution in [-0.2, 0) is 12.7 Å². The maximum absolute atomic E-state index is 4.98. The van der Waals surface area contributed by atoms with E-state index in [1.807, 2.05) is 23.5 Å². The molecule has 0 unspecified atom stereocenters. The van der Waals surface area contributed by atoms with E-state index in [1.165, 1.54) is 22.3 Å². The molecule has 2 aromatic rings. The van der Waals surface area contributed by atoms with Crippen molar-refractivity contribution in [2.45, 2.75) is 27.7 Å². The van der Waals surface area contributed by atoms with Crippen molar-refractivity contribution in [1.29, 1.82) is 0 Å². The molecule has 1 aliphatic heterocycles. The second-order valence-electron chi connectivity index (χ2n) is 6.06. The van der Waals surface area contributed by atoms with E-state index in [-0.39, 0.29) is 0 Å². The van der Waals surface area contributed by atoms with Crippen molar-refractivity contribution in [3.63, 3.8) is 0 Å². The molecule has 0 bridgehead atoms. The molecule has 0 aliphatic carbocycles. The summed E-state index contributed by atoms with van der Waals surface area (Å²) < 4.78 is 0. The first kappa shape index (κ1) is 22.8. The van der Waals surface area contributed by atoms with Crippen molar-refractivity contribution in [2.24, 2.45) is 9.98 Å². The molecule has 0 radical (unpaired) electrons. The van der Waals surface area contributed by atoms with Crippen LogP contribution in [0.5, 0.6) is 0 Å². The third-order valence-corrected chi connectivity index (χ3v) is 6.37. The van der Waals surface area contributed by atoms with Crippen LogP contribution in [0.3, 0.4) is 0 Å². The zero-order chi connectivity index (χ0) is 19.8. The van der Waals surface area contributed by atoms with Crippen LogP contribution in [0.15, 0.2) is 46.4 Å². The standard InChI is InChI=1S/C20H22N2S2.2ClH.Ni/c1-13-7-5-8-14(2)17(13)21-19-20(24-12-11-23-19)22-18-15(3)9-6-10-16(18)4;;;/h5-10H,11-12H2,1-4H3;2*1H;/q;;;+2/p-2. The van der Waals surface area contributed by atoms with Crippen molar-refractivity contribution in [3.05, 3.63) is 58.7 Å². The number of para-hydroxylation sites is 2. The van der Waals surface area contributed by atoms with Gasteiger partial charge >= 0.3 is 33.0 Å². The van der Waals surface area contributed by atoms with Gasteiger partial charge in [0, 0.05) is 11.5 Å². The fraction of sp³-hybridized carbons (Fsp3) is 0.300. The van der Waals surface area contributed by atoms with Crippen LogP contribution in [0.2, 0.25) is 0 Å². The van der Waals surface area contributed by atoms with E-state index >= 15 is 0 Å². The van der Waals surface area contributed by atoms with Crippen molar-refractivity contribution in [1.82, 2.24) is 0 Å². The molecular weight excluding hydrogens is 462 g/mol. The molecule has 0 amide bonds. The number of aryl methyl sites for hydroxylation is 4. The number of hydrogen-bond donors (Lipinski definition) is 0. The van der Waals surface area contributed by atoms with Gasteiger partial charge in [-0.05, 0) is 49.9 Å². The van der Waals surface area contributed by atoms with E-state index in [0.29, 0.717) is 12.7 Å². The number of thioether (sulfide) groups is 2. The number of aliphatic imine (C=N–C) groups is 2. The van der Waals surface area contributed by atoms with Crippen LogP contribution in [0, 0.1) is 27.7 Å². The number of hydrogen-bond acceptors (Lipinski definition) is 4. The predicted octanol–water partition coefficient (Wildman–Crippen LogP) is 7.54. The van der Waals surface area contributed by atoms with E-state index in [0.717, 1.165) is 33.0 Å². The number of halogens is 2. The first-order chi connectivity index (χ1) is 13.0. The molecular formula is C20H22Cl2N2NiS2. The molecule has 1 aliphatic rings. The fourth-order valence-corrected chi connectivity index (χ4v) is 4.78. The molecule has 7 heteroatoms. The topological polar surface area (TPSA) is 24.7 Å². The first-order valence-electron chi connectivity index (χ1n) is 8.36. The van der Waals surface area contributed by atoms with Crippen LogP contribution in [0.25, 0.3) is 0 Å². The van der Waals surface area contributed by atoms with Gasteiger partial charge < -0.3 is 0 Å². The van der Waals surface area contributed by atoms with Gasteiger partial charge in [0.2, 0.25) is 0 Å². The molecule has 27 heavy (non-hydrogen) atoms. The Morgan fingerprint density at radius 2 is 1.00 bits per heavy atom. The monoisotopic (exact) mass is 482 g/mol. The average Bonchev–Trinajstić information content (AvgIpc) is 2.63. The molecule has 0 aromatic heterocycles. The fourth-order valence-electron chi connectivity index (χ4n) is 2.73. The quantitative estimate of drug-likeness (QED) is 0.412. The molecule has 0 N–H and O–H groups in total. The Bertz CT molecular complexity index is 744. The van der Waals surface area contributed by atoms with Gasteiger partial charge in [-0.2, -0.15) is 0 Å². The van der Waals surface area contributed by atoms with Gasteiger partial charge in [-0.25, -0.2) is 9.98 Å². The predicted molar refractivity (Wildman–Crippen MR) is 123 cm³/mol. The van der Waals surface area contributed by atoms with Crippen LogP contribution >= 0.6 is 43.9 Å². The number of rotatable bonds is 2. The minimum absolute atomic E-state index is 0.569. The Hall–Kier alpha value is -0.446. The summed E-state index contributed by atoms with van der Waals surface area (Å²) in [6, 6.07) is 12.7. The van der Waals surface area contributed by atoms with E-state index in [2.05, 4.69) is 64.1 Å². The number of nitrogens with zero attached hydrogens (tertiary/aromatic N) is 2. The second kappa shape index (κ2) is 11.5. The summed E-state index contributed by atoms with van der Waals surface area (Å²) >= 11 is 4.20. The van der Waals surface area contributed by atoms with Crippen LogP contribution in [0.4, 0.5) is 11.4 Å². The van der Waals surface area contributed by atoms with E-state index in [4.69, 9.17) is 30.4 Å². The second-order valence-corrected chi connectivity index (χ2v) is 9.86. The molecule has 1 saturated heterocycles. The Kier molecular flexibility index (Phi) is 9.75. The van der Waals surface area contributed by atoms with Crippen molar-refractivity contribution in [3.8, 4) is 0 Å². The number of benzene rings is 2. The Morgan fingerprint density at radius 3 is 1.30 bits per heavy atom. The summed E-state index contributed by atoms with van der Waals surface area (Å²) in [5.74, 6) is 2.17. The molecule has 3 rings (SSSR count). The van der Waals surface area contributed by atoms with Crippen LogP contribution in [0.1, 0.15) is 22.3 Å². The third-order valence-electron chi connectivity index (χ3n) is 4.05. The minimum atomic E-state index is 0.569. The third kappa shape index (κ3) is 6.54. The van der Waals surface area contributed by atoms with Gasteiger partial charge in [-0.3, -0.25) is 0 Å². The van der Waals surface area contributed by atoms with E-state index in [9.17, 15) is 0 Å². The van der Waals surface area contributed by atoms with E-state index in [1.54, 1.807) is 0 Å². The summed E-state index contributed by atoms with van der Waals surface area (Å²) in [4.78, 5) is 9.96. The zero-order valence-corrected chi connectivity index (χ0v) is 19.8. The molecule has 1 heterocycles. The summed E-state index contributed by atoms with van der Waals surface area (Å²) in [7, 11) is 9.40. The molecule has 0 spiro atoms. The maximum atomic E-state index is 4.98. The van der Waals surface area contributed by atoms with Gasteiger partial charge in [0.15, 0.2) is 0 Å². The van der Waals surface area contributed by atoms with Crippen LogP contribution < -0.4 is 0 Å². The first-order valence-corrected chi connectivity index (χ1v) is 13.0. The van der Waals surface area contributed by atoms with Crippen molar-refractivity contribution < 1.29 is 12.7 Å². The normalized spacial score (nSPS) is 17.1. The van der Waals surface area contributed by atoms with Gasteiger partial charge in [-0.1, -0.05) is 36.4 Å². The molecule has 2 aromatic carbocycles. The van der Waals surface area contributed by atoms with Crippen LogP contribution in [-0.4, -0.2) is 21.6 Å². The zero-order valence-electron chi connectivity index (χ0n) is 15.7. The Morgan fingerprint density at radius 1 is 0.704 bits per heavy atom. The van der Waals surface area contributed by atoms with Gasteiger partial charge in [0.25, 0.3) is 0 Å². The molecule has 0 saturated carbocycles. The summed E-state index contributed by atoms with van der Waals surface area (Å²) in [6.07, 6.45) is 0. The van der Waals surface area contributed by atoms with Gasteiger partial charge in [-0.15, -0.1) is 23.5 Å². The van der Waals surface area contributed by atoms with Gasteiger partial charge in [0.05, 0.1) is 11.4 Å². The summed E-state index contributed by atoms with van der Waals surface area (Å²) in [5, 5.41) is 2.10. The van der Waals surface area contributed by atoms with Crippen molar-refractivity contribution >= 4 is 65.4 Å².